The Hall–Kier alpha value is -2.77. The Bertz CT molecular complexity index is 917. The number of aromatic nitrogens is 4. The molecular formula is C15H14F2N4O2. The maximum absolute atomic E-state index is 12.2. The van der Waals surface area contributed by atoms with Crippen LogP contribution in [0.2, 0.25) is 0 Å². The first-order valence-corrected chi connectivity index (χ1v) is 6.92. The quantitative estimate of drug-likeness (QED) is 0.801. The molecular weight excluding hydrogens is 306 g/mol. The summed E-state index contributed by atoms with van der Waals surface area (Å²) in [4.78, 5) is 18.3. The van der Waals surface area contributed by atoms with Gasteiger partial charge in [0, 0.05) is 6.20 Å². The van der Waals surface area contributed by atoms with E-state index < -0.39 is 18.6 Å². The number of rotatable bonds is 4. The van der Waals surface area contributed by atoms with Crippen LogP contribution in [0, 0.1) is 13.8 Å². The molecule has 2 heterocycles. The molecule has 0 fully saturated rings. The molecule has 0 aliphatic carbocycles. The van der Waals surface area contributed by atoms with Gasteiger partial charge in [-0.25, -0.2) is 13.5 Å². The lowest BCUT2D eigenvalue weighted by atomic mass is 10.1. The number of benzene rings is 1. The van der Waals surface area contributed by atoms with Gasteiger partial charge in [0.05, 0.1) is 5.69 Å². The molecule has 23 heavy (non-hydrogen) atoms. The van der Waals surface area contributed by atoms with Gasteiger partial charge in [0.15, 0.2) is 12.3 Å². The van der Waals surface area contributed by atoms with Crippen LogP contribution in [0.25, 0.3) is 16.7 Å². The Kier molecular flexibility index (Phi) is 3.81. The third kappa shape index (κ3) is 3.05. The van der Waals surface area contributed by atoms with Gasteiger partial charge >= 0.3 is 0 Å². The number of alkyl halides is 2. The fourth-order valence-electron chi connectivity index (χ4n) is 2.29. The largest absolute Gasteiger partial charge is 0.459 e. The SMILES string of the molecule is Cc1ccc(-n2cc3c(=O)[nH]c(OCC(F)F)nc3n2)c(C)c1. The van der Waals surface area contributed by atoms with Crippen LogP contribution >= 0.6 is 0 Å². The number of nitrogens with zero attached hydrogens (tertiary/aromatic N) is 3. The van der Waals surface area contributed by atoms with E-state index in [1.54, 1.807) is 10.9 Å². The first-order chi connectivity index (χ1) is 10.9. The van der Waals surface area contributed by atoms with E-state index >= 15 is 0 Å². The van der Waals surface area contributed by atoms with Gasteiger partial charge in [-0.1, -0.05) is 17.7 Å². The van der Waals surface area contributed by atoms with Crippen molar-refractivity contribution in [3.63, 3.8) is 0 Å². The van der Waals surface area contributed by atoms with Gasteiger partial charge in [0.25, 0.3) is 18.0 Å². The average molecular weight is 320 g/mol. The molecule has 0 aliphatic heterocycles. The molecule has 0 saturated carbocycles. The van der Waals surface area contributed by atoms with Gasteiger partial charge in [-0.15, -0.1) is 5.10 Å². The van der Waals surface area contributed by atoms with Crippen molar-refractivity contribution in [2.24, 2.45) is 0 Å². The molecule has 1 aromatic carbocycles. The van der Waals surface area contributed by atoms with E-state index in [1.807, 2.05) is 32.0 Å². The van der Waals surface area contributed by atoms with Gasteiger partial charge in [0.2, 0.25) is 0 Å². The summed E-state index contributed by atoms with van der Waals surface area (Å²) < 4.78 is 30.6. The van der Waals surface area contributed by atoms with Crippen molar-refractivity contribution < 1.29 is 13.5 Å². The Morgan fingerprint density at radius 2 is 2.13 bits per heavy atom. The van der Waals surface area contributed by atoms with Crippen LogP contribution in [0.4, 0.5) is 8.78 Å². The Balaban J connectivity index is 2.04. The second kappa shape index (κ2) is 5.79. The fourth-order valence-corrected chi connectivity index (χ4v) is 2.29. The van der Waals surface area contributed by atoms with E-state index in [0.717, 1.165) is 16.8 Å². The molecule has 8 heteroatoms. The predicted molar refractivity (Wildman–Crippen MR) is 80.5 cm³/mol. The summed E-state index contributed by atoms with van der Waals surface area (Å²) in [6, 6.07) is 5.55. The summed E-state index contributed by atoms with van der Waals surface area (Å²) in [6.45, 7) is 3.07. The van der Waals surface area contributed by atoms with Crippen molar-refractivity contribution in [3.05, 3.63) is 45.9 Å². The van der Waals surface area contributed by atoms with Gasteiger partial charge in [-0.3, -0.25) is 9.78 Å². The van der Waals surface area contributed by atoms with Crippen LogP contribution in [0.5, 0.6) is 6.01 Å². The molecule has 1 N–H and O–H groups in total. The zero-order chi connectivity index (χ0) is 16.6. The average Bonchev–Trinajstić information content (AvgIpc) is 2.89. The van der Waals surface area contributed by atoms with E-state index in [1.165, 1.54) is 0 Å². The van der Waals surface area contributed by atoms with Gasteiger partial charge in [-0.05, 0) is 25.5 Å². The van der Waals surface area contributed by atoms with Crippen LogP contribution in [-0.4, -0.2) is 32.8 Å². The van der Waals surface area contributed by atoms with Crippen LogP contribution in [0.3, 0.4) is 0 Å². The summed E-state index contributed by atoms with van der Waals surface area (Å²) in [5.74, 6) is 0. The molecule has 0 spiro atoms. The standard InChI is InChI=1S/C15H14F2N4O2/c1-8-3-4-11(9(2)5-8)21-6-10-13(20-21)18-15(19-14(10)22)23-7-12(16)17/h3-6,12H,7H2,1-2H3,(H,18,19,20,22). The molecule has 0 atom stereocenters. The maximum Gasteiger partial charge on any atom is 0.298 e. The molecule has 2 aromatic heterocycles. The van der Waals surface area contributed by atoms with Crippen LogP contribution in [0.15, 0.2) is 29.2 Å². The van der Waals surface area contributed by atoms with Crippen LogP contribution in [-0.2, 0) is 0 Å². The number of aryl methyl sites for hydroxylation is 2. The number of hydrogen-bond donors (Lipinski definition) is 1. The smallest absolute Gasteiger partial charge is 0.298 e. The second-order valence-corrected chi connectivity index (χ2v) is 5.17. The van der Waals surface area contributed by atoms with Crippen molar-refractivity contribution in [1.82, 2.24) is 19.7 Å². The highest BCUT2D eigenvalue weighted by molar-refractivity contribution is 5.73. The third-order valence-corrected chi connectivity index (χ3v) is 3.31. The number of H-pyrrole nitrogens is 1. The molecule has 3 aromatic rings. The molecule has 0 radical (unpaired) electrons. The van der Waals surface area contributed by atoms with Crippen molar-refractivity contribution in [2.45, 2.75) is 20.3 Å². The zero-order valence-electron chi connectivity index (χ0n) is 12.5. The first-order valence-electron chi connectivity index (χ1n) is 6.92. The number of ether oxygens (including phenoxy) is 1. The Morgan fingerprint density at radius 3 is 2.83 bits per heavy atom. The van der Waals surface area contributed by atoms with E-state index in [-0.39, 0.29) is 17.0 Å². The highest BCUT2D eigenvalue weighted by Gasteiger charge is 2.13. The summed E-state index contributed by atoms with van der Waals surface area (Å²) in [5.41, 5.74) is 2.56. The maximum atomic E-state index is 12.2. The summed E-state index contributed by atoms with van der Waals surface area (Å²) in [7, 11) is 0. The highest BCUT2D eigenvalue weighted by Crippen LogP contribution is 2.17. The van der Waals surface area contributed by atoms with Crippen LogP contribution in [0.1, 0.15) is 11.1 Å². The van der Waals surface area contributed by atoms with Gasteiger partial charge in [0.1, 0.15) is 5.39 Å². The molecule has 0 saturated heterocycles. The number of nitrogens with one attached hydrogen (secondary N) is 1. The summed E-state index contributed by atoms with van der Waals surface area (Å²) >= 11 is 0. The van der Waals surface area contributed by atoms with Crippen molar-refractivity contribution >= 4 is 11.0 Å². The lowest BCUT2D eigenvalue weighted by molar-refractivity contribution is 0.0771. The number of hydrogen-bond acceptors (Lipinski definition) is 4. The monoisotopic (exact) mass is 320 g/mol. The lowest BCUT2D eigenvalue weighted by Crippen LogP contribution is -2.14. The minimum Gasteiger partial charge on any atom is -0.459 e. The molecule has 6 nitrogen and oxygen atoms in total. The number of halogens is 2. The topological polar surface area (TPSA) is 72.8 Å². The normalized spacial score (nSPS) is 11.3. The molecule has 0 aliphatic rings. The molecule has 120 valence electrons. The summed E-state index contributed by atoms with van der Waals surface area (Å²) in [5, 5.41) is 4.50. The second-order valence-electron chi connectivity index (χ2n) is 5.17. The van der Waals surface area contributed by atoms with Gasteiger partial charge in [-0.2, -0.15) is 4.98 Å². The first kappa shape index (κ1) is 15.1. The van der Waals surface area contributed by atoms with E-state index in [2.05, 4.69) is 15.1 Å². The Labute approximate surface area is 129 Å². The molecule has 3 rings (SSSR count). The summed E-state index contributed by atoms with van der Waals surface area (Å²) in [6.07, 6.45) is -1.10. The minimum absolute atomic E-state index is 0.137. The van der Waals surface area contributed by atoms with Crippen molar-refractivity contribution in [1.29, 1.82) is 0 Å². The van der Waals surface area contributed by atoms with Crippen molar-refractivity contribution in [2.75, 3.05) is 6.61 Å². The van der Waals surface area contributed by atoms with Gasteiger partial charge < -0.3 is 4.74 Å². The predicted octanol–water partition coefficient (Wildman–Crippen LogP) is 2.37. The van der Waals surface area contributed by atoms with E-state index in [4.69, 9.17) is 4.74 Å². The van der Waals surface area contributed by atoms with Crippen molar-refractivity contribution in [3.8, 4) is 11.7 Å². The van der Waals surface area contributed by atoms with E-state index in [0.29, 0.717) is 0 Å². The lowest BCUT2D eigenvalue weighted by Gasteiger charge is -2.05. The van der Waals surface area contributed by atoms with Crippen LogP contribution < -0.4 is 10.3 Å². The number of fused-ring (bicyclic) bond motifs is 1. The van der Waals surface area contributed by atoms with E-state index in [9.17, 15) is 13.6 Å². The molecule has 0 bridgehead atoms. The third-order valence-electron chi connectivity index (χ3n) is 3.31. The zero-order valence-corrected chi connectivity index (χ0v) is 12.5. The number of aromatic amines is 1. The molecule has 0 unspecified atom stereocenters. The fraction of sp³-hybridized carbons (Fsp3) is 0.267. The minimum atomic E-state index is -2.65. The Morgan fingerprint density at radius 1 is 1.35 bits per heavy atom. The highest BCUT2D eigenvalue weighted by atomic mass is 19.3. The molecule has 0 amide bonds.